The van der Waals surface area contributed by atoms with E-state index < -0.39 is 6.10 Å². The van der Waals surface area contributed by atoms with E-state index in [1.165, 1.54) is 5.56 Å². The predicted molar refractivity (Wildman–Crippen MR) is 114 cm³/mol. The molecule has 0 aliphatic heterocycles. The van der Waals surface area contributed by atoms with Crippen LogP contribution in [0.3, 0.4) is 0 Å². The van der Waals surface area contributed by atoms with Gasteiger partial charge in [0.15, 0.2) is 6.10 Å². The SMILES string of the molecule is CC[C@H](Oc1ccc(C(C)(C)C)cc1)C(=O)NCCOc1cc(C)ccc1C. The second-order valence-corrected chi connectivity index (χ2v) is 8.20. The Morgan fingerprint density at radius 1 is 1.07 bits per heavy atom. The van der Waals surface area contributed by atoms with E-state index in [4.69, 9.17) is 9.47 Å². The highest BCUT2D eigenvalue weighted by Gasteiger charge is 2.19. The summed E-state index contributed by atoms with van der Waals surface area (Å²) in [5.74, 6) is 1.45. The molecule has 2 aromatic rings. The highest BCUT2D eigenvalue weighted by Crippen LogP contribution is 2.25. The summed E-state index contributed by atoms with van der Waals surface area (Å²) < 4.78 is 11.7. The smallest absolute Gasteiger partial charge is 0.261 e. The molecule has 1 atom stereocenters. The van der Waals surface area contributed by atoms with E-state index in [0.29, 0.717) is 25.3 Å². The largest absolute Gasteiger partial charge is 0.491 e. The summed E-state index contributed by atoms with van der Waals surface area (Å²) in [6.07, 6.45) is 0.0891. The van der Waals surface area contributed by atoms with Crippen LogP contribution in [-0.2, 0) is 10.2 Å². The van der Waals surface area contributed by atoms with E-state index >= 15 is 0 Å². The summed E-state index contributed by atoms with van der Waals surface area (Å²) >= 11 is 0. The Labute approximate surface area is 169 Å². The molecule has 4 nitrogen and oxygen atoms in total. The van der Waals surface area contributed by atoms with Crippen LogP contribution in [0.1, 0.15) is 50.8 Å². The third kappa shape index (κ3) is 6.29. The van der Waals surface area contributed by atoms with Gasteiger partial charge in [0, 0.05) is 0 Å². The molecule has 2 aromatic carbocycles. The van der Waals surface area contributed by atoms with Crippen LogP contribution >= 0.6 is 0 Å². The van der Waals surface area contributed by atoms with Crippen molar-refractivity contribution in [3.63, 3.8) is 0 Å². The first-order valence-electron chi connectivity index (χ1n) is 9.95. The second kappa shape index (κ2) is 9.63. The number of amides is 1. The van der Waals surface area contributed by atoms with E-state index in [0.717, 1.165) is 16.9 Å². The van der Waals surface area contributed by atoms with Crippen LogP contribution in [0.25, 0.3) is 0 Å². The molecule has 0 aliphatic rings. The summed E-state index contributed by atoms with van der Waals surface area (Å²) in [7, 11) is 0. The van der Waals surface area contributed by atoms with E-state index in [9.17, 15) is 4.79 Å². The molecule has 0 heterocycles. The van der Waals surface area contributed by atoms with Crippen LogP contribution in [0.15, 0.2) is 42.5 Å². The van der Waals surface area contributed by atoms with Crippen molar-refractivity contribution in [2.45, 2.75) is 59.5 Å². The zero-order valence-corrected chi connectivity index (χ0v) is 18.0. The molecule has 1 N–H and O–H groups in total. The topological polar surface area (TPSA) is 47.6 Å². The Morgan fingerprint density at radius 3 is 2.36 bits per heavy atom. The fourth-order valence-electron chi connectivity index (χ4n) is 2.83. The lowest BCUT2D eigenvalue weighted by atomic mass is 9.87. The van der Waals surface area contributed by atoms with Crippen LogP contribution in [-0.4, -0.2) is 25.2 Å². The van der Waals surface area contributed by atoms with E-state index in [1.807, 2.05) is 45.0 Å². The van der Waals surface area contributed by atoms with E-state index in [2.05, 4.69) is 44.3 Å². The first-order valence-corrected chi connectivity index (χ1v) is 9.95. The number of nitrogens with one attached hydrogen (secondary N) is 1. The van der Waals surface area contributed by atoms with Crippen LogP contribution in [0.2, 0.25) is 0 Å². The lowest BCUT2D eigenvalue weighted by molar-refractivity contribution is -0.128. The molecule has 28 heavy (non-hydrogen) atoms. The average molecular weight is 384 g/mol. The van der Waals surface area contributed by atoms with Gasteiger partial charge in [-0.05, 0) is 60.6 Å². The van der Waals surface area contributed by atoms with Gasteiger partial charge in [0.25, 0.3) is 5.91 Å². The second-order valence-electron chi connectivity index (χ2n) is 8.20. The van der Waals surface area contributed by atoms with E-state index in [1.54, 1.807) is 0 Å². The van der Waals surface area contributed by atoms with E-state index in [-0.39, 0.29) is 11.3 Å². The molecular weight excluding hydrogens is 350 g/mol. The number of aryl methyl sites for hydroxylation is 2. The summed E-state index contributed by atoms with van der Waals surface area (Å²) in [5, 5.41) is 2.90. The Hall–Kier alpha value is -2.49. The van der Waals surface area contributed by atoms with Gasteiger partial charge in [-0.2, -0.15) is 0 Å². The lowest BCUT2D eigenvalue weighted by Crippen LogP contribution is -2.39. The molecule has 0 bridgehead atoms. The normalized spacial score (nSPS) is 12.4. The van der Waals surface area contributed by atoms with Gasteiger partial charge in [-0.25, -0.2) is 0 Å². The van der Waals surface area contributed by atoms with Crippen LogP contribution in [0, 0.1) is 13.8 Å². The van der Waals surface area contributed by atoms with Gasteiger partial charge in [-0.15, -0.1) is 0 Å². The predicted octanol–water partition coefficient (Wildman–Crippen LogP) is 4.95. The minimum absolute atomic E-state index is 0.0930. The van der Waals surface area contributed by atoms with Crippen LogP contribution in [0.5, 0.6) is 11.5 Å². The summed E-state index contributed by atoms with van der Waals surface area (Å²) in [5.41, 5.74) is 3.57. The quantitative estimate of drug-likeness (QED) is 0.656. The highest BCUT2D eigenvalue weighted by molar-refractivity contribution is 5.81. The molecule has 0 saturated heterocycles. The van der Waals surface area contributed by atoms with Gasteiger partial charge in [-0.3, -0.25) is 4.79 Å². The summed E-state index contributed by atoms with van der Waals surface area (Å²) in [4.78, 5) is 12.4. The molecule has 4 heteroatoms. The van der Waals surface area contributed by atoms with Crippen molar-refractivity contribution in [3.05, 3.63) is 59.2 Å². The zero-order chi connectivity index (χ0) is 20.7. The molecule has 0 radical (unpaired) electrons. The van der Waals surface area contributed by atoms with Crippen molar-refractivity contribution >= 4 is 5.91 Å². The zero-order valence-electron chi connectivity index (χ0n) is 18.0. The monoisotopic (exact) mass is 383 g/mol. The third-order valence-electron chi connectivity index (χ3n) is 4.66. The molecule has 0 aliphatic carbocycles. The van der Waals surface area contributed by atoms with Crippen molar-refractivity contribution in [3.8, 4) is 11.5 Å². The number of carbonyl (C=O) groups is 1. The number of hydrogen-bond donors (Lipinski definition) is 1. The maximum absolute atomic E-state index is 12.4. The van der Waals surface area contributed by atoms with Crippen molar-refractivity contribution in [2.75, 3.05) is 13.2 Å². The highest BCUT2D eigenvalue weighted by atomic mass is 16.5. The number of ether oxygens (including phenoxy) is 2. The molecule has 0 fully saturated rings. The Bertz CT molecular complexity index is 775. The molecule has 0 aromatic heterocycles. The summed E-state index contributed by atoms with van der Waals surface area (Å²) in [6, 6.07) is 14.1. The molecular formula is C24H33NO3. The van der Waals surface area contributed by atoms with Gasteiger partial charge < -0.3 is 14.8 Å². The Morgan fingerprint density at radius 2 is 1.75 bits per heavy atom. The first kappa shape index (κ1) is 21.8. The van der Waals surface area contributed by atoms with Gasteiger partial charge in [-0.1, -0.05) is 52.0 Å². The molecule has 1 amide bonds. The van der Waals surface area contributed by atoms with Gasteiger partial charge in [0.05, 0.1) is 6.54 Å². The van der Waals surface area contributed by atoms with Crippen molar-refractivity contribution in [2.24, 2.45) is 0 Å². The maximum Gasteiger partial charge on any atom is 0.261 e. The fraction of sp³-hybridized carbons (Fsp3) is 0.458. The average Bonchev–Trinajstić information content (AvgIpc) is 2.65. The van der Waals surface area contributed by atoms with Crippen molar-refractivity contribution in [1.29, 1.82) is 0 Å². The number of carbonyl (C=O) groups excluding carboxylic acids is 1. The Kier molecular flexibility index (Phi) is 7.50. The van der Waals surface area contributed by atoms with Gasteiger partial charge >= 0.3 is 0 Å². The maximum atomic E-state index is 12.4. The molecule has 0 spiro atoms. The van der Waals surface area contributed by atoms with Gasteiger partial charge in [0.2, 0.25) is 0 Å². The molecule has 152 valence electrons. The molecule has 0 saturated carbocycles. The van der Waals surface area contributed by atoms with Crippen molar-refractivity contribution < 1.29 is 14.3 Å². The first-order chi connectivity index (χ1) is 13.2. The lowest BCUT2D eigenvalue weighted by Gasteiger charge is -2.21. The minimum Gasteiger partial charge on any atom is -0.491 e. The standard InChI is InChI=1S/C24H33NO3/c1-7-21(28-20-12-10-19(11-13-20)24(4,5)6)23(26)25-14-15-27-22-16-17(2)8-9-18(22)3/h8-13,16,21H,7,14-15H2,1-6H3,(H,25,26)/t21-/m0/s1. The molecule has 0 unspecified atom stereocenters. The van der Waals surface area contributed by atoms with Crippen LogP contribution < -0.4 is 14.8 Å². The fourth-order valence-corrected chi connectivity index (χ4v) is 2.83. The summed E-state index contributed by atoms with van der Waals surface area (Å²) in [6.45, 7) is 13.4. The Balaban J connectivity index is 1.83. The van der Waals surface area contributed by atoms with Crippen LogP contribution in [0.4, 0.5) is 0 Å². The number of hydrogen-bond acceptors (Lipinski definition) is 3. The minimum atomic E-state index is -0.513. The number of benzene rings is 2. The third-order valence-corrected chi connectivity index (χ3v) is 4.66. The van der Waals surface area contributed by atoms with Crippen molar-refractivity contribution in [1.82, 2.24) is 5.32 Å². The molecule has 2 rings (SSSR count). The van der Waals surface area contributed by atoms with Gasteiger partial charge in [0.1, 0.15) is 18.1 Å². The number of rotatable bonds is 8.